The molecule has 1 amide bonds. The van der Waals surface area contributed by atoms with Crippen LogP contribution in [0.25, 0.3) is 0 Å². The van der Waals surface area contributed by atoms with Crippen LogP contribution in [0.5, 0.6) is 0 Å². The minimum atomic E-state index is -0.714. The van der Waals surface area contributed by atoms with Gasteiger partial charge in [0, 0.05) is 18.7 Å². The minimum absolute atomic E-state index is 0.172. The third kappa shape index (κ3) is 3.15. The van der Waals surface area contributed by atoms with Crippen LogP contribution in [-0.4, -0.2) is 20.6 Å². The normalized spacial score (nSPS) is 12.5. The summed E-state index contributed by atoms with van der Waals surface area (Å²) in [6.45, 7) is 9.70. The molecule has 21 heavy (non-hydrogen) atoms. The Kier molecular flexibility index (Phi) is 3.65. The Morgan fingerprint density at radius 3 is 2.43 bits per heavy atom. The molecule has 0 fully saturated rings. The van der Waals surface area contributed by atoms with Crippen molar-refractivity contribution in [2.24, 2.45) is 7.05 Å². The molecule has 6 heteroatoms. The predicted octanol–water partition coefficient (Wildman–Crippen LogP) is 2.37. The molecule has 6 nitrogen and oxygen atoms in total. The summed E-state index contributed by atoms with van der Waals surface area (Å²) in [7, 11) is 1.83. The number of amides is 1. The molecule has 114 valence electrons. The Bertz CT molecular complexity index is 647. The van der Waals surface area contributed by atoms with Crippen molar-refractivity contribution in [3.05, 3.63) is 35.7 Å². The number of hydrogen-bond acceptors (Lipinski definition) is 4. The fourth-order valence-electron chi connectivity index (χ4n) is 1.88. The monoisotopic (exact) mass is 290 g/mol. The summed E-state index contributed by atoms with van der Waals surface area (Å²) in [5.74, 6) is 0.850. The molecule has 2 rings (SSSR count). The van der Waals surface area contributed by atoms with E-state index in [1.807, 2.05) is 53.9 Å². The first-order chi connectivity index (χ1) is 9.61. The Hall–Kier alpha value is -2.11. The summed E-state index contributed by atoms with van der Waals surface area (Å²) in [5, 5.41) is 6.94. The number of aryl methyl sites for hydroxylation is 1. The molecule has 0 aliphatic heterocycles. The summed E-state index contributed by atoms with van der Waals surface area (Å²) in [5.41, 5.74) is -0.347. The largest absolute Gasteiger partial charge is 0.347 e. The smallest absolute Gasteiger partial charge is 0.268 e. The fourth-order valence-corrected chi connectivity index (χ4v) is 1.88. The van der Waals surface area contributed by atoms with Crippen LogP contribution in [0, 0.1) is 0 Å². The molecule has 0 atom stereocenters. The second kappa shape index (κ2) is 5.02. The van der Waals surface area contributed by atoms with E-state index in [-0.39, 0.29) is 11.3 Å². The lowest BCUT2D eigenvalue weighted by Crippen LogP contribution is -2.42. The van der Waals surface area contributed by atoms with E-state index >= 15 is 0 Å². The van der Waals surface area contributed by atoms with Crippen molar-refractivity contribution in [3.8, 4) is 0 Å². The Morgan fingerprint density at radius 1 is 1.29 bits per heavy atom. The van der Waals surface area contributed by atoms with Crippen molar-refractivity contribution in [1.29, 1.82) is 0 Å². The molecular formula is C15H22N4O2. The van der Waals surface area contributed by atoms with Gasteiger partial charge in [-0.3, -0.25) is 4.79 Å². The maximum Gasteiger partial charge on any atom is 0.268 e. The van der Waals surface area contributed by atoms with Gasteiger partial charge in [0.1, 0.15) is 5.69 Å². The Labute approximate surface area is 124 Å². The lowest BCUT2D eigenvalue weighted by Gasteiger charge is -2.22. The van der Waals surface area contributed by atoms with Crippen LogP contribution in [0.15, 0.2) is 22.9 Å². The van der Waals surface area contributed by atoms with Crippen LogP contribution < -0.4 is 5.32 Å². The molecule has 0 radical (unpaired) electrons. The van der Waals surface area contributed by atoms with E-state index in [1.54, 1.807) is 10.6 Å². The third-order valence-corrected chi connectivity index (χ3v) is 3.23. The van der Waals surface area contributed by atoms with E-state index in [2.05, 4.69) is 15.5 Å². The number of aromatic nitrogens is 3. The maximum atomic E-state index is 12.3. The highest BCUT2D eigenvalue weighted by atomic mass is 16.5. The van der Waals surface area contributed by atoms with Gasteiger partial charge in [0.2, 0.25) is 5.89 Å². The fraction of sp³-hybridized carbons (Fsp3) is 0.533. The van der Waals surface area contributed by atoms with E-state index in [9.17, 15) is 4.79 Å². The predicted molar refractivity (Wildman–Crippen MR) is 78.9 cm³/mol. The van der Waals surface area contributed by atoms with Crippen molar-refractivity contribution >= 4 is 5.91 Å². The lowest BCUT2D eigenvalue weighted by atomic mass is 9.97. The number of carbonyl (C=O) groups is 1. The molecule has 0 saturated heterocycles. The zero-order chi connectivity index (χ0) is 15.8. The number of nitrogens with zero attached hydrogens (tertiary/aromatic N) is 3. The molecule has 0 spiro atoms. The van der Waals surface area contributed by atoms with Gasteiger partial charge in [-0.05, 0) is 26.0 Å². The topological polar surface area (TPSA) is 73.0 Å². The SMILES string of the molecule is Cn1cccc1C(=O)NC(C)(C)c1noc(C(C)(C)C)n1. The zero-order valence-electron chi connectivity index (χ0n) is 13.4. The van der Waals surface area contributed by atoms with Gasteiger partial charge in [0.15, 0.2) is 5.82 Å². The number of rotatable bonds is 3. The zero-order valence-corrected chi connectivity index (χ0v) is 13.4. The van der Waals surface area contributed by atoms with E-state index in [1.165, 1.54) is 0 Å². The van der Waals surface area contributed by atoms with Gasteiger partial charge in [-0.15, -0.1) is 0 Å². The number of carbonyl (C=O) groups excluding carboxylic acids is 1. The maximum absolute atomic E-state index is 12.3. The van der Waals surface area contributed by atoms with E-state index < -0.39 is 5.54 Å². The molecule has 0 aliphatic carbocycles. The van der Waals surface area contributed by atoms with Crippen LogP contribution >= 0.6 is 0 Å². The second-order valence-electron chi connectivity index (χ2n) is 6.76. The summed E-state index contributed by atoms with van der Waals surface area (Å²) in [6.07, 6.45) is 1.83. The van der Waals surface area contributed by atoms with E-state index in [0.717, 1.165) is 0 Å². The number of nitrogens with one attached hydrogen (secondary N) is 1. The summed E-state index contributed by atoms with van der Waals surface area (Å²) in [6, 6.07) is 3.59. The van der Waals surface area contributed by atoms with Crippen molar-refractivity contribution in [1.82, 2.24) is 20.0 Å². The first-order valence-electron chi connectivity index (χ1n) is 6.90. The molecule has 2 heterocycles. The summed E-state index contributed by atoms with van der Waals surface area (Å²) in [4.78, 5) is 16.7. The van der Waals surface area contributed by atoms with Crippen molar-refractivity contribution in [2.75, 3.05) is 0 Å². The lowest BCUT2D eigenvalue weighted by molar-refractivity contribution is 0.0899. The van der Waals surface area contributed by atoms with E-state index in [0.29, 0.717) is 17.4 Å². The van der Waals surface area contributed by atoms with Gasteiger partial charge < -0.3 is 14.4 Å². The van der Waals surface area contributed by atoms with Crippen LogP contribution in [0.3, 0.4) is 0 Å². The van der Waals surface area contributed by atoms with Gasteiger partial charge in [0.25, 0.3) is 5.91 Å². The van der Waals surface area contributed by atoms with Crippen LogP contribution in [0.1, 0.15) is 56.8 Å². The van der Waals surface area contributed by atoms with Crippen molar-refractivity contribution < 1.29 is 9.32 Å². The average molecular weight is 290 g/mol. The first-order valence-corrected chi connectivity index (χ1v) is 6.90. The van der Waals surface area contributed by atoms with Gasteiger partial charge >= 0.3 is 0 Å². The molecular weight excluding hydrogens is 268 g/mol. The van der Waals surface area contributed by atoms with Crippen molar-refractivity contribution in [2.45, 2.75) is 45.6 Å². The van der Waals surface area contributed by atoms with Gasteiger partial charge in [0.05, 0.1) is 5.54 Å². The van der Waals surface area contributed by atoms with Gasteiger partial charge in [-0.1, -0.05) is 25.9 Å². The molecule has 0 bridgehead atoms. The summed E-state index contributed by atoms with van der Waals surface area (Å²) >= 11 is 0. The minimum Gasteiger partial charge on any atom is -0.347 e. The Morgan fingerprint density at radius 2 is 1.95 bits per heavy atom. The molecule has 2 aromatic rings. The standard InChI is InChI=1S/C15H22N4O2/c1-14(2,3)13-16-12(18-21-13)15(4,5)17-11(20)10-8-7-9-19(10)6/h7-9H,1-6H3,(H,17,20). The first kappa shape index (κ1) is 15.3. The van der Waals surface area contributed by atoms with Crippen molar-refractivity contribution in [3.63, 3.8) is 0 Å². The molecule has 0 aliphatic rings. The average Bonchev–Trinajstić information content (AvgIpc) is 2.95. The van der Waals surface area contributed by atoms with Crippen LogP contribution in [0.4, 0.5) is 0 Å². The quantitative estimate of drug-likeness (QED) is 0.942. The summed E-state index contributed by atoms with van der Waals surface area (Å²) < 4.78 is 7.06. The highest BCUT2D eigenvalue weighted by molar-refractivity contribution is 5.93. The third-order valence-electron chi connectivity index (χ3n) is 3.23. The van der Waals surface area contributed by atoms with Gasteiger partial charge in [-0.25, -0.2) is 0 Å². The highest BCUT2D eigenvalue weighted by Crippen LogP contribution is 2.24. The molecule has 0 aromatic carbocycles. The highest BCUT2D eigenvalue weighted by Gasteiger charge is 2.32. The Balaban J connectivity index is 2.20. The second-order valence-corrected chi connectivity index (χ2v) is 6.76. The molecule has 1 N–H and O–H groups in total. The van der Waals surface area contributed by atoms with Crippen LogP contribution in [0.2, 0.25) is 0 Å². The molecule has 0 saturated carbocycles. The number of hydrogen-bond donors (Lipinski definition) is 1. The van der Waals surface area contributed by atoms with Crippen LogP contribution in [-0.2, 0) is 18.0 Å². The molecule has 0 unspecified atom stereocenters. The van der Waals surface area contributed by atoms with Gasteiger partial charge in [-0.2, -0.15) is 4.98 Å². The van der Waals surface area contributed by atoms with E-state index in [4.69, 9.17) is 4.52 Å². The molecule has 2 aromatic heterocycles.